The van der Waals surface area contributed by atoms with Gasteiger partial charge in [0, 0.05) is 13.1 Å². The zero-order valence-electron chi connectivity index (χ0n) is 16.7. The summed E-state index contributed by atoms with van der Waals surface area (Å²) in [6.45, 7) is 2.74. The Morgan fingerprint density at radius 1 is 1.23 bits per heavy atom. The molecule has 1 aromatic carbocycles. The van der Waals surface area contributed by atoms with Gasteiger partial charge in [-0.05, 0) is 64.8 Å². The van der Waals surface area contributed by atoms with E-state index in [1.54, 1.807) is 31.4 Å². The standard InChI is InChI=1S/C21H22N2O5S2/c1-3-28-16-5-4-14(10-17(16)27-2)11-18-20(25)23(21(26)30-18)8-7-22-19(24)12-15-6-9-29-13-15/h4-6,9-11,13H,3,7-8,12H2,1-2H3,(H,22,24)/b18-11+. The lowest BCUT2D eigenvalue weighted by atomic mass is 10.2. The lowest BCUT2D eigenvalue weighted by Gasteiger charge is -2.13. The van der Waals surface area contributed by atoms with Crippen molar-refractivity contribution >= 4 is 46.2 Å². The molecule has 0 spiro atoms. The first-order valence-electron chi connectivity index (χ1n) is 9.35. The van der Waals surface area contributed by atoms with Crippen molar-refractivity contribution in [3.63, 3.8) is 0 Å². The molecule has 0 bridgehead atoms. The van der Waals surface area contributed by atoms with E-state index in [2.05, 4.69) is 5.32 Å². The number of ether oxygens (including phenoxy) is 2. The van der Waals surface area contributed by atoms with Gasteiger partial charge in [0.1, 0.15) is 0 Å². The van der Waals surface area contributed by atoms with Gasteiger partial charge in [0.2, 0.25) is 5.91 Å². The van der Waals surface area contributed by atoms with E-state index in [1.807, 2.05) is 23.8 Å². The second-order valence-corrected chi connectivity index (χ2v) is 8.11. The third-order valence-electron chi connectivity index (χ3n) is 4.26. The molecule has 1 aliphatic heterocycles. The van der Waals surface area contributed by atoms with Crippen LogP contribution in [0.2, 0.25) is 0 Å². The number of thioether (sulfide) groups is 1. The van der Waals surface area contributed by atoms with Crippen LogP contribution < -0.4 is 14.8 Å². The third kappa shape index (κ3) is 5.43. The Morgan fingerprint density at radius 3 is 2.77 bits per heavy atom. The van der Waals surface area contributed by atoms with Crippen LogP contribution in [0.4, 0.5) is 4.79 Å². The number of nitrogens with zero attached hydrogens (tertiary/aromatic N) is 1. The summed E-state index contributed by atoms with van der Waals surface area (Å²) in [6, 6.07) is 7.21. The normalized spacial score (nSPS) is 15.0. The van der Waals surface area contributed by atoms with Gasteiger partial charge in [-0.15, -0.1) is 0 Å². The fourth-order valence-corrected chi connectivity index (χ4v) is 4.37. The maximum Gasteiger partial charge on any atom is 0.293 e. The second kappa shape index (κ2) is 10.3. The molecule has 2 heterocycles. The SMILES string of the molecule is CCOc1ccc(/C=C2/SC(=O)N(CCNC(=O)Cc3ccsc3)C2=O)cc1OC. The highest BCUT2D eigenvalue weighted by Gasteiger charge is 2.34. The first-order valence-corrected chi connectivity index (χ1v) is 11.1. The second-order valence-electron chi connectivity index (χ2n) is 6.33. The van der Waals surface area contributed by atoms with E-state index in [0.29, 0.717) is 23.0 Å². The number of methoxy groups -OCH3 is 1. The summed E-state index contributed by atoms with van der Waals surface area (Å²) < 4.78 is 10.8. The minimum Gasteiger partial charge on any atom is -0.493 e. The van der Waals surface area contributed by atoms with Crippen LogP contribution in [0.25, 0.3) is 6.08 Å². The Labute approximate surface area is 183 Å². The summed E-state index contributed by atoms with van der Waals surface area (Å²) in [4.78, 5) is 38.3. The highest BCUT2D eigenvalue weighted by Crippen LogP contribution is 2.34. The van der Waals surface area contributed by atoms with Crippen molar-refractivity contribution < 1.29 is 23.9 Å². The minimum absolute atomic E-state index is 0.129. The van der Waals surface area contributed by atoms with E-state index in [1.165, 1.54) is 11.3 Å². The van der Waals surface area contributed by atoms with Crippen LogP contribution in [0, 0.1) is 0 Å². The van der Waals surface area contributed by atoms with Gasteiger partial charge in [-0.2, -0.15) is 11.3 Å². The van der Waals surface area contributed by atoms with Crippen LogP contribution in [0.15, 0.2) is 39.9 Å². The van der Waals surface area contributed by atoms with Crippen LogP contribution >= 0.6 is 23.1 Å². The number of thiophene rings is 1. The van der Waals surface area contributed by atoms with Crippen molar-refractivity contribution in [3.8, 4) is 11.5 Å². The van der Waals surface area contributed by atoms with Gasteiger partial charge < -0.3 is 14.8 Å². The van der Waals surface area contributed by atoms with Crippen molar-refractivity contribution in [3.05, 3.63) is 51.1 Å². The first kappa shape index (κ1) is 21.9. The van der Waals surface area contributed by atoms with Crippen LogP contribution in [-0.2, 0) is 16.0 Å². The summed E-state index contributed by atoms with van der Waals surface area (Å²) in [7, 11) is 1.54. The molecule has 3 rings (SSSR count). The third-order valence-corrected chi connectivity index (χ3v) is 5.90. The molecule has 1 aliphatic rings. The molecule has 1 aromatic heterocycles. The van der Waals surface area contributed by atoms with E-state index >= 15 is 0 Å². The summed E-state index contributed by atoms with van der Waals surface area (Å²) in [5.41, 5.74) is 1.67. The molecule has 3 amide bonds. The molecule has 0 saturated carbocycles. The lowest BCUT2D eigenvalue weighted by Crippen LogP contribution is -2.37. The van der Waals surface area contributed by atoms with E-state index in [9.17, 15) is 14.4 Å². The average Bonchev–Trinajstić information content (AvgIpc) is 3.32. The first-order chi connectivity index (χ1) is 14.5. The van der Waals surface area contributed by atoms with Crippen molar-refractivity contribution in [2.24, 2.45) is 0 Å². The Hall–Kier alpha value is -2.78. The molecule has 7 nitrogen and oxygen atoms in total. The number of nitrogens with one attached hydrogen (secondary N) is 1. The predicted octanol–water partition coefficient (Wildman–Crippen LogP) is 3.55. The smallest absolute Gasteiger partial charge is 0.293 e. The maximum absolute atomic E-state index is 12.6. The molecule has 0 atom stereocenters. The van der Waals surface area contributed by atoms with Crippen LogP contribution in [0.5, 0.6) is 11.5 Å². The minimum atomic E-state index is -0.370. The molecular weight excluding hydrogens is 424 g/mol. The number of benzene rings is 1. The summed E-state index contributed by atoms with van der Waals surface area (Å²) in [5, 5.41) is 6.22. The molecule has 2 aromatic rings. The van der Waals surface area contributed by atoms with Crippen LogP contribution in [0.1, 0.15) is 18.1 Å². The van der Waals surface area contributed by atoms with Gasteiger partial charge in [-0.25, -0.2) is 0 Å². The van der Waals surface area contributed by atoms with Gasteiger partial charge in [-0.3, -0.25) is 19.3 Å². The van der Waals surface area contributed by atoms with E-state index < -0.39 is 0 Å². The number of hydrogen-bond donors (Lipinski definition) is 1. The number of hydrogen-bond acceptors (Lipinski definition) is 7. The Balaban J connectivity index is 1.59. The largest absolute Gasteiger partial charge is 0.493 e. The Kier molecular flexibility index (Phi) is 7.53. The monoisotopic (exact) mass is 446 g/mol. The zero-order chi connectivity index (χ0) is 21.5. The number of carbonyl (C=O) groups is 3. The zero-order valence-corrected chi connectivity index (χ0v) is 18.3. The molecule has 0 radical (unpaired) electrons. The Bertz CT molecular complexity index is 956. The van der Waals surface area contributed by atoms with Crippen molar-refractivity contribution in [1.82, 2.24) is 10.2 Å². The van der Waals surface area contributed by atoms with Crippen LogP contribution in [0.3, 0.4) is 0 Å². The summed E-state index contributed by atoms with van der Waals surface area (Å²) in [6.07, 6.45) is 1.93. The molecule has 1 fully saturated rings. The van der Waals surface area contributed by atoms with Crippen molar-refractivity contribution in [2.45, 2.75) is 13.3 Å². The van der Waals surface area contributed by atoms with Gasteiger partial charge in [0.05, 0.1) is 25.0 Å². The Morgan fingerprint density at radius 2 is 2.07 bits per heavy atom. The predicted molar refractivity (Wildman–Crippen MR) is 118 cm³/mol. The quantitative estimate of drug-likeness (QED) is 0.593. The average molecular weight is 447 g/mol. The highest BCUT2D eigenvalue weighted by atomic mass is 32.2. The fourth-order valence-electron chi connectivity index (χ4n) is 2.84. The van der Waals surface area contributed by atoms with Gasteiger partial charge in [0.25, 0.3) is 11.1 Å². The summed E-state index contributed by atoms with van der Waals surface area (Å²) in [5.74, 6) is 0.656. The van der Waals surface area contributed by atoms with Gasteiger partial charge in [0.15, 0.2) is 11.5 Å². The molecule has 30 heavy (non-hydrogen) atoms. The highest BCUT2D eigenvalue weighted by molar-refractivity contribution is 8.18. The molecule has 9 heteroatoms. The van der Waals surface area contributed by atoms with Crippen molar-refractivity contribution in [2.75, 3.05) is 26.8 Å². The van der Waals surface area contributed by atoms with E-state index in [0.717, 1.165) is 27.8 Å². The number of amides is 3. The fraction of sp³-hybridized carbons (Fsp3) is 0.286. The topological polar surface area (TPSA) is 84.9 Å². The van der Waals surface area contributed by atoms with Crippen molar-refractivity contribution in [1.29, 1.82) is 0 Å². The molecular formula is C21H22N2O5S2. The lowest BCUT2D eigenvalue weighted by molar-refractivity contribution is -0.124. The van der Waals surface area contributed by atoms with E-state index in [4.69, 9.17) is 9.47 Å². The molecule has 0 unspecified atom stereocenters. The number of carbonyl (C=O) groups excluding carboxylic acids is 3. The number of rotatable bonds is 9. The van der Waals surface area contributed by atoms with Gasteiger partial charge >= 0.3 is 0 Å². The van der Waals surface area contributed by atoms with Gasteiger partial charge in [-0.1, -0.05) is 6.07 Å². The van der Waals surface area contributed by atoms with Crippen LogP contribution in [-0.4, -0.2) is 48.8 Å². The van der Waals surface area contributed by atoms with E-state index in [-0.39, 0.29) is 36.6 Å². The molecule has 1 N–H and O–H groups in total. The molecule has 1 saturated heterocycles. The maximum atomic E-state index is 12.6. The molecule has 158 valence electrons. The summed E-state index contributed by atoms with van der Waals surface area (Å²) >= 11 is 2.41. The molecule has 0 aliphatic carbocycles. The number of imide groups is 1.